The minimum Gasteiger partial charge on any atom is -0.352 e. The number of nitrogens with one attached hydrogen (secondary N) is 2. The van der Waals surface area contributed by atoms with Crippen LogP contribution in [0, 0.1) is 12.7 Å². The molecule has 4 nitrogen and oxygen atoms in total. The highest BCUT2D eigenvalue weighted by atomic mass is 19.1. The number of halogens is 1. The maximum atomic E-state index is 13.8. The Balaban J connectivity index is 1.66. The zero-order chi connectivity index (χ0) is 15.8. The monoisotopic (exact) mass is 301 g/mol. The Morgan fingerprint density at radius 2 is 2.09 bits per heavy atom. The van der Waals surface area contributed by atoms with Crippen LogP contribution in [0.4, 0.5) is 4.39 Å². The van der Waals surface area contributed by atoms with Gasteiger partial charge in [0.25, 0.3) is 5.91 Å². The number of hydrogen-bond donors (Lipinski definition) is 2. The number of carbonyl (C=O) groups excluding carboxylic acids is 1. The third-order valence-corrected chi connectivity index (χ3v) is 3.30. The molecule has 1 aromatic carbocycles. The van der Waals surface area contributed by atoms with E-state index in [1.54, 1.807) is 25.3 Å². The van der Waals surface area contributed by atoms with E-state index in [2.05, 4.69) is 15.6 Å². The fourth-order valence-electron chi connectivity index (χ4n) is 2.07. The molecule has 0 spiro atoms. The van der Waals surface area contributed by atoms with Crippen LogP contribution in [0.15, 0.2) is 42.7 Å². The van der Waals surface area contributed by atoms with Crippen molar-refractivity contribution >= 4 is 5.91 Å². The molecule has 2 rings (SSSR count). The standard InChI is InChI=1S/C17H20FN3O/c1-13-5-2-7-15(16(13)18)17(22)21-10-4-9-20-12-14-6-3-8-19-11-14/h2-3,5-8,11,20H,4,9-10,12H2,1H3,(H,21,22). The first-order valence-corrected chi connectivity index (χ1v) is 7.31. The number of carbonyl (C=O) groups is 1. The predicted molar refractivity (Wildman–Crippen MR) is 84.0 cm³/mol. The van der Waals surface area contributed by atoms with Crippen molar-refractivity contribution in [1.29, 1.82) is 0 Å². The normalized spacial score (nSPS) is 10.5. The maximum Gasteiger partial charge on any atom is 0.254 e. The molecule has 1 heterocycles. The van der Waals surface area contributed by atoms with E-state index < -0.39 is 5.82 Å². The summed E-state index contributed by atoms with van der Waals surface area (Å²) < 4.78 is 13.8. The number of hydrogen-bond acceptors (Lipinski definition) is 3. The Kier molecular flexibility index (Phi) is 6.03. The van der Waals surface area contributed by atoms with E-state index in [1.165, 1.54) is 6.07 Å². The number of aromatic nitrogens is 1. The average Bonchev–Trinajstić information content (AvgIpc) is 2.54. The molecule has 1 aromatic heterocycles. The number of amides is 1. The Bertz CT molecular complexity index is 617. The molecule has 0 bridgehead atoms. The average molecular weight is 301 g/mol. The second-order valence-corrected chi connectivity index (χ2v) is 5.08. The van der Waals surface area contributed by atoms with Gasteiger partial charge in [0.15, 0.2) is 0 Å². The number of aryl methyl sites for hydroxylation is 1. The van der Waals surface area contributed by atoms with Gasteiger partial charge in [0.2, 0.25) is 0 Å². The van der Waals surface area contributed by atoms with E-state index in [4.69, 9.17) is 0 Å². The van der Waals surface area contributed by atoms with Crippen molar-refractivity contribution in [2.24, 2.45) is 0 Å². The first-order chi connectivity index (χ1) is 10.7. The van der Waals surface area contributed by atoms with Gasteiger partial charge in [-0.3, -0.25) is 9.78 Å². The fourth-order valence-corrected chi connectivity index (χ4v) is 2.07. The van der Waals surface area contributed by atoms with Crippen LogP contribution < -0.4 is 10.6 Å². The van der Waals surface area contributed by atoms with Gasteiger partial charge >= 0.3 is 0 Å². The van der Waals surface area contributed by atoms with Crippen LogP contribution in [0.2, 0.25) is 0 Å². The molecule has 0 aliphatic carbocycles. The molecule has 0 aliphatic heterocycles. The molecule has 0 saturated carbocycles. The molecule has 0 unspecified atom stereocenters. The topological polar surface area (TPSA) is 54.0 Å². The lowest BCUT2D eigenvalue weighted by molar-refractivity contribution is 0.0949. The molecule has 0 saturated heterocycles. The van der Waals surface area contributed by atoms with E-state index in [0.29, 0.717) is 12.1 Å². The Hall–Kier alpha value is -2.27. The molecule has 1 amide bonds. The Morgan fingerprint density at radius 3 is 2.86 bits per heavy atom. The zero-order valence-electron chi connectivity index (χ0n) is 12.6. The molecule has 22 heavy (non-hydrogen) atoms. The summed E-state index contributed by atoms with van der Waals surface area (Å²) in [5, 5.41) is 6.00. The highest BCUT2D eigenvalue weighted by Gasteiger charge is 2.12. The Labute approximate surface area is 129 Å². The van der Waals surface area contributed by atoms with Gasteiger partial charge in [-0.1, -0.05) is 18.2 Å². The molecule has 2 aromatic rings. The first-order valence-electron chi connectivity index (χ1n) is 7.31. The highest BCUT2D eigenvalue weighted by Crippen LogP contribution is 2.11. The van der Waals surface area contributed by atoms with Gasteiger partial charge in [-0.2, -0.15) is 0 Å². The van der Waals surface area contributed by atoms with E-state index in [0.717, 1.165) is 25.1 Å². The summed E-state index contributed by atoms with van der Waals surface area (Å²) in [5.74, 6) is -0.817. The maximum absolute atomic E-state index is 13.8. The van der Waals surface area contributed by atoms with Crippen LogP contribution in [0.25, 0.3) is 0 Å². The van der Waals surface area contributed by atoms with Crippen LogP contribution >= 0.6 is 0 Å². The molecule has 0 aliphatic rings. The zero-order valence-corrected chi connectivity index (χ0v) is 12.6. The fraction of sp³-hybridized carbons (Fsp3) is 0.294. The molecule has 0 fully saturated rings. The van der Waals surface area contributed by atoms with Crippen molar-refractivity contribution in [2.75, 3.05) is 13.1 Å². The summed E-state index contributed by atoms with van der Waals surface area (Å²) in [6.07, 6.45) is 4.33. The molecule has 116 valence electrons. The molecule has 0 atom stereocenters. The van der Waals surface area contributed by atoms with Crippen molar-refractivity contribution in [3.8, 4) is 0 Å². The summed E-state index contributed by atoms with van der Waals surface area (Å²) in [6, 6.07) is 8.73. The SMILES string of the molecule is Cc1cccc(C(=O)NCCCNCc2cccnc2)c1F. The van der Waals surface area contributed by atoms with Crippen LogP contribution in [0.1, 0.15) is 27.9 Å². The third kappa shape index (κ3) is 4.63. The summed E-state index contributed by atoms with van der Waals surface area (Å²) in [7, 11) is 0. The van der Waals surface area contributed by atoms with Gasteiger partial charge in [0.1, 0.15) is 5.82 Å². The molecular weight excluding hydrogens is 281 g/mol. The second kappa shape index (κ2) is 8.24. The van der Waals surface area contributed by atoms with Crippen LogP contribution in [-0.4, -0.2) is 24.0 Å². The summed E-state index contributed by atoms with van der Waals surface area (Å²) in [5.41, 5.74) is 1.70. The Morgan fingerprint density at radius 1 is 1.23 bits per heavy atom. The van der Waals surface area contributed by atoms with Gasteiger partial charge < -0.3 is 10.6 Å². The lowest BCUT2D eigenvalue weighted by Gasteiger charge is -2.08. The summed E-state index contributed by atoms with van der Waals surface area (Å²) >= 11 is 0. The van der Waals surface area contributed by atoms with Gasteiger partial charge in [-0.05, 0) is 43.1 Å². The minimum atomic E-state index is -0.449. The van der Waals surface area contributed by atoms with Gasteiger partial charge in [0, 0.05) is 25.5 Å². The summed E-state index contributed by atoms with van der Waals surface area (Å²) in [4.78, 5) is 15.9. The van der Waals surface area contributed by atoms with Crippen molar-refractivity contribution in [1.82, 2.24) is 15.6 Å². The molecule has 5 heteroatoms. The second-order valence-electron chi connectivity index (χ2n) is 5.08. The van der Waals surface area contributed by atoms with Gasteiger partial charge in [-0.25, -0.2) is 4.39 Å². The van der Waals surface area contributed by atoms with Crippen molar-refractivity contribution in [2.45, 2.75) is 19.9 Å². The lowest BCUT2D eigenvalue weighted by Crippen LogP contribution is -2.28. The van der Waals surface area contributed by atoms with Crippen LogP contribution in [0.3, 0.4) is 0 Å². The predicted octanol–water partition coefficient (Wildman–Crippen LogP) is 2.44. The third-order valence-electron chi connectivity index (χ3n) is 3.30. The minimum absolute atomic E-state index is 0.100. The number of pyridine rings is 1. The van der Waals surface area contributed by atoms with Crippen molar-refractivity contribution in [3.63, 3.8) is 0 Å². The van der Waals surface area contributed by atoms with E-state index in [1.807, 2.05) is 18.3 Å². The van der Waals surface area contributed by atoms with Crippen molar-refractivity contribution in [3.05, 3.63) is 65.2 Å². The van der Waals surface area contributed by atoms with Gasteiger partial charge in [0.05, 0.1) is 5.56 Å². The van der Waals surface area contributed by atoms with E-state index in [-0.39, 0.29) is 11.5 Å². The lowest BCUT2D eigenvalue weighted by atomic mass is 10.1. The highest BCUT2D eigenvalue weighted by molar-refractivity contribution is 5.94. The largest absolute Gasteiger partial charge is 0.352 e. The van der Waals surface area contributed by atoms with Crippen molar-refractivity contribution < 1.29 is 9.18 Å². The van der Waals surface area contributed by atoms with E-state index in [9.17, 15) is 9.18 Å². The van der Waals surface area contributed by atoms with Gasteiger partial charge in [-0.15, -0.1) is 0 Å². The van der Waals surface area contributed by atoms with E-state index >= 15 is 0 Å². The molecule has 0 radical (unpaired) electrons. The number of benzene rings is 1. The summed E-state index contributed by atoms with van der Waals surface area (Å²) in [6.45, 7) is 3.67. The molecular formula is C17H20FN3O. The number of nitrogens with zero attached hydrogens (tertiary/aromatic N) is 1. The first kappa shape index (κ1) is 16.1. The number of rotatable bonds is 7. The quantitative estimate of drug-likeness (QED) is 0.772. The molecule has 2 N–H and O–H groups in total. The smallest absolute Gasteiger partial charge is 0.254 e. The van der Waals surface area contributed by atoms with Crippen LogP contribution in [-0.2, 0) is 6.54 Å². The van der Waals surface area contributed by atoms with Crippen LogP contribution in [0.5, 0.6) is 0 Å².